The summed E-state index contributed by atoms with van der Waals surface area (Å²) in [5.41, 5.74) is 7.06. The molecule has 0 bridgehead atoms. The lowest BCUT2D eigenvalue weighted by Crippen LogP contribution is -2.46. The first-order chi connectivity index (χ1) is 9.08. The van der Waals surface area contributed by atoms with Crippen molar-refractivity contribution in [2.24, 2.45) is 17.9 Å². The Bertz CT molecular complexity index is 500. The van der Waals surface area contributed by atoms with Gasteiger partial charge in [0.25, 0.3) is 5.91 Å². The van der Waals surface area contributed by atoms with Gasteiger partial charge in [-0.25, -0.2) is 0 Å². The van der Waals surface area contributed by atoms with Crippen LogP contribution in [0.4, 0.5) is 5.69 Å². The van der Waals surface area contributed by atoms with Crippen molar-refractivity contribution < 1.29 is 4.79 Å². The molecule has 1 aliphatic carbocycles. The third-order valence-electron chi connectivity index (χ3n) is 3.96. The van der Waals surface area contributed by atoms with Gasteiger partial charge >= 0.3 is 0 Å². The molecular weight excluding hydrogens is 252 g/mol. The van der Waals surface area contributed by atoms with E-state index >= 15 is 0 Å². The van der Waals surface area contributed by atoms with Crippen molar-refractivity contribution in [3.05, 3.63) is 11.9 Å². The zero-order valence-electron chi connectivity index (χ0n) is 13.2. The third kappa shape index (κ3) is 3.32. The van der Waals surface area contributed by atoms with Gasteiger partial charge in [0.2, 0.25) is 0 Å². The molecule has 1 aromatic heterocycles. The number of hydrogen-bond acceptors (Lipinski definition) is 3. The summed E-state index contributed by atoms with van der Waals surface area (Å²) in [5.74, 6) is -0.165. The maximum Gasteiger partial charge on any atom is 0.274 e. The summed E-state index contributed by atoms with van der Waals surface area (Å²) in [6.07, 6.45) is 4.82. The number of aryl methyl sites for hydroxylation is 1. The van der Waals surface area contributed by atoms with Crippen molar-refractivity contribution in [3.8, 4) is 0 Å². The Morgan fingerprint density at radius 1 is 1.35 bits per heavy atom. The highest BCUT2D eigenvalue weighted by Gasteiger charge is 2.39. The molecule has 0 saturated heterocycles. The Hall–Kier alpha value is -1.52. The molecule has 0 spiro atoms. The smallest absolute Gasteiger partial charge is 0.274 e. The van der Waals surface area contributed by atoms with Gasteiger partial charge in [-0.15, -0.1) is 0 Å². The van der Waals surface area contributed by atoms with Crippen LogP contribution in [0.3, 0.4) is 0 Å². The van der Waals surface area contributed by atoms with E-state index in [9.17, 15) is 4.79 Å². The Labute approximate surface area is 120 Å². The number of amides is 1. The van der Waals surface area contributed by atoms with Gasteiger partial charge in [0.1, 0.15) is 0 Å². The fourth-order valence-corrected chi connectivity index (χ4v) is 3.89. The van der Waals surface area contributed by atoms with E-state index in [1.165, 1.54) is 6.42 Å². The molecule has 5 nitrogen and oxygen atoms in total. The van der Waals surface area contributed by atoms with Gasteiger partial charge in [-0.05, 0) is 30.1 Å². The van der Waals surface area contributed by atoms with Crippen molar-refractivity contribution in [2.45, 2.75) is 53.0 Å². The molecular formula is C15H26N4O. The maximum atomic E-state index is 12.3. The average molecular weight is 278 g/mol. The molecule has 20 heavy (non-hydrogen) atoms. The lowest BCUT2D eigenvalue weighted by molar-refractivity contribution is 0.0710. The lowest BCUT2D eigenvalue weighted by atomic mass is 9.63. The van der Waals surface area contributed by atoms with Gasteiger partial charge in [0.05, 0.1) is 5.69 Å². The maximum absolute atomic E-state index is 12.3. The van der Waals surface area contributed by atoms with E-state index in [2.05, 4.69) is 38.1 Å². The van der Waals surface area contributed by atoms with Crippen LogP contribution in [0.1, 0.15) is 57.4 Å². The van der Waals surface area contributed by atoms with Crippen molar-refractivity contribution in [1.82, 2.24) is 15.1 Å². The average Bonchev–Trinajstić information content (AvgIpc) is 2.52. The van der Waals surface area contributed by atoms with Gasteiger partial charge in [-0.2, -0.15) is 5.10 Å². The van der Waals surface area contributed by atoms with Crippen molar-refractivity contribution >= 4 is 11.6 Å². The molecule has 0 atom stereocenters. The number of carbonyl (C=O) groups excluding carboxylic acids is 1. The Morgan fingerprint density at radius 2 is 1.90 bits per heavy atom. The predicted molar refractivity (Wildman–Crippen MR) is 80.3 cm³/mol. The van der Waals surface area contributed by atoms with Crippen molar-refractivity contribution in [3.63, 3.8) is 0 Å². The molecule has 0 radical (unpaired) electrons. The number of hydrogen-bond donors (Lipinski definition) is 2. The fourth-order valence-electron chi connectivity index (χ4n) is 3.89. The van der Waals surface area contributed by atoms with Crippen LogP contribution in [0.25, 0.3) is 0 Å². The van der Waals surface area contributed by atoms with Crippen molar-refractivity contribution in [2.75, 3.05) is 5.73 Å². The highest BCUT2D eigenvalue weighted by Crippen LogP contribution is 2.45. The second kappa shape index (κ2) is 4.79. The van der Waals surface area contributed by atoms with Crippen molar-refractivity contribution in [1.29, 1.82) is 0 Å². The second-order valence-corrected chi connectivity index (χ2v) is 7.69. The van der Waals surface area contributed by atoms with Crippen LogP contribution in [0.5, 0.6) is 0 Å². The topological polar surface area (TPSA) is 72.9 Å². The number of nitrogens with one attached hydrogen (secondary N) is 1. The van der Waals surface area contributed by atoms with Crippen LogP contribution < -0.4 is 11.1 Å². The molecule has 1 heterocycles. The SMILES string of the molecule is Cn1cc(N)c(C(=O)NC2CC(C)(C)CC(C)(C)C2)n1. The first kappa shape index (κ1) is 14.9. The highest BCUT2D eigenvalue weighted by molar-refractivity contribution is 5.97. The van der Waals surface area contributed by atoms with E-state index in [4.69, 9.17) is 5.73 Å². The molecule has 1 aliphatic rings. The van der Waals surface area contributed by atoms with Gasteiger partial charge in [-0.3, -0.25) is 9.48 Å². The van der Waals surface area contributed by atoms with Gasteiger partial charge < -0.3 is 11.1 Å². The number of anilines is 1. The van der Waals surface area contributed by atoms with Gasteiger partial charge in [-0.1, -0.05) is 27.7 Å². The van der Waals surface area contributed by atoms with Crippen LogP contribution in [-0.2, 0) is 7.05 Å². The number of aromatic nitrogens is 2. The molecule has 1 aromatic rings. The second-order valence-electron chi connectivity index (χ2n) is 7.69. The van der Waals surface area contributed by atoms with Gasteiger partial charge in [0.15, 0.2) is 5.69 Å². The molecule has 0 aromatic carbocycles. The largest absolute Gasteiger partial charge is 0.396 e. The summed E-state index contributed by atoms with van der Waals surface area (Å²) < 4.78 is 1.57. The molecule has 5 heteroatoms. The molecule has 112 valence electrons. The summed E-state index contributed by atoms with van der Waals surface area (Å²) in [6.45, 7) is 9.06. The first-order valence-electron chi connectivity index (χ1n) is 7.18. The zero-order chi connectivity index (χ0) is 15.1. The van der Waals surface area contributed by atoms with Crippen LogP contribution in [0.2, 0.25) is 0 Å². The van der Waals surface area contributed by atoms with E-state index in [0.717, 1.165) is 12.8 Å². The number of carbonyl (C=O) groups is 1. The first-order valence-corrected chi connectivity index (χ1v) is 7.18. The molecule has 1 saturated carbocycles. The normalized spacial score (nSPS) is 21.6. The van der Waals surface area contributed by atoms with E-state index in [1.807, 2.05) is 0 Å². The van der Waals surface area contributed by atoms with Crippen LogP contribution in [0, 0.1) is 10.8 Å². The zero-order valence-corrected chi connectivity index (χ0v) is 13.2. The lowest BCUT2D eigenvalue weighted by Gasteiger charge is -2.45. The number of nitrogen functional groups attached to an aromatic ring is 1. The quantitative estimate of drug-likeness (QED) is 0.872. The Balaban J connectivity index is 2.09. The summed E-state index contributed by atoms with van der Waals surface area (Å²) in [7, 11) is 1.76. The summed E-state index contributed by atoms with van der Waals surface area (Å²) in [6, 6.07) is 0.183. The fraction of sp³-hybridized carbons (Fsp3) is 0.733. The molecule has 0 aliphatic heterocycles. The number of rotatable bonds is 2. The molecule has 3 N–H and O–H groups in total. The minimum absolute atomic E-state index is 0.165. The van der Waals surface area contributed by atoms with E-state index < -0.39 is 0 Å². The third-order valence-corrected chi connectivity index (χ3v) is 3.96. The highest BCUT2D eigenvalue weighted by atomic mass is 16.2. The predicted octanol–water partition coefficient (Wildman–Crippen LogP) is 2.34. The minimum Gasteiger partial charge on any atom is -0.396 e. The van der Waals surface area contributed by atoms with Gasteiger partial charge in [0, 0.05) is 19.3 Å². The standard InChI is InChI=1S/C15H26N4O/c1-14(2)6-10(7-15(3,4)9-14)17-13(20)12-11(16)8-19(5)18-12/h8,10H,6-7,9,16H2,1-5H3,(H,17,20). The van der Waals surface area contributed by atoms with Crippen LogP contribution in [-0.4, -0.2) is 21.7 Å². The Morgan fingerprint density at radius 3 is 2.35 bits per heavy atom. The summed E-state index contributed by atoms with van der Waals surface area (Å²) in [5, 5.41) is 7.23. The molecule has 1 amide bonds. The van der Waals surface area contributed by atoms with Crippen LogP contribution in [0.15, 0.2) is 6.20 Å². The van der Waals surface area contributed by atoms with Crippen LogP contribution >= 0.6 is 0 Å². The Kier molecular flexibility index (Phi) is 3.56. The molecule has 0 unspecified atom stereocenters. The monoisotopic (exact) mass is 278 g/mol. The molecule has 2 rings (SSSR count). The number of nitrogens with zero attached hydrogens (tertiary/aromatic N) is 2. The summed E-state index contributed by atoms with van der Waals surface area (Å²) in [4.78, 5) is 12.3. The number of nitrogens with two attached hydrogens (primary N) is 1. The summed E-state index contributed by atoms with van der Waals surface area (Å²) >= 11 is 0. The van der Waals surface area contributed by atoms with E-state index in [0.29, 0.717) is 11.4 Å². The minimum atomic E-state index is -0.165. The molecule has 1 fully saturated rings. The van der Waals surface area contributed by atoms with E-state index in [1.54, 1.807) is 17.9 Å². The van der Waals surface area contributed by atoms with E-state index in [-0.39, 0.29) is 22.8 Å².